The molecular weight excluding hydrogens is 514 g/mol. The normalized spacial score (nSPS) is 20.4. The van der Waals surface area contributed by atoms with Gasteiger partial charge in [0.2, 0.25) is 0 Å². The predicted octanol–water partition coefficient (Wildman–Crippen LogP) is 5.35. The van der Waals surface area contributed by atoms with Crippen LogP contribution in [0.3, 0.4) is 0 Å². The van der Waals surface area contributed by atoms with Crippen molar-refractivity contribution in [3.63, 3.8) is 0 Å². The minimum absolute atomic E-state index is 0.0114. The Bertz CT molecular complexity index is 1380. The standard InChI is InChI=1S/C34H37N3O4/c1-25-9-17-29(18-10-25)35-34(40)36-20-5-6-21-37-30(23-36)33(31(37)24-41-22-19-32(38)39)28-15-13-27(14-16-28)12-11-26-7-3-2-4-8-26/h2-4,7-10,13-18,30-31,33H,5-6,19-24H2,1H3,(H,35,40)(H,38,39)/t30-,31+,33+/m0/s1. The maximum Gasteiger partial charge on any atom is 0.321 e. The second-order valence-electron chi connectivity index (χ2n) is 10.8. The van der Waals surface area contributed by atoms with E-state index >= 15 is 0 Å². The molecule has 2 aliphatic rings. The number of amides is 2. The van der Waals surface area contributed by atoms with E-state index in [-0.39, 0.29) is 37.1 Å². The first-order chi connectivity index (χ1) is 20.0. The molecule has 3 aromatic carbocycles. The number of hydrogen-bond acceptors (Lipinski definition) is 4. The van der Waals surface area contributed by atoms with E-state index in [2.05, 4.69) is 46.3 Å². The minimum Gasteiger partial charge on any atom is -0.481 e. The number of carboxylic acid groups (broad SMARTS) is 1. The molecular formula is C34H37N3O4. The Labute approximate surface area is 242 Å². The first-order valence-corrected chi connectivity index (χ1v) is 14.3. The van der Waals surface area contributed by atoms with Crippen molar-refractivity contribution in [3.05, 3.63) is 101 Å². The van der Waals surface area contributed by atoms with Crippen molar-refractivity contribution in [2.75, 3.05) is 38.2 Å². The Hall–Kier alpha value is -4.12. The lowest BCUT2D eigenvalue weighted by molar-refractivity contribution is -0.139. The molecule has 0 unspecified atom stereocenters. The number of benzene rings is 3. The zero-order valence-corrected chi connectivity index (χ0v) is 23.5. The molecule has 2 N–H and O–H groups in total. The van der Waals surface area contributed by atoms with Crippen LogP contribution in [-0.2, 0) is 9.53 Å². The van der Waals surface area contributed by atoms with Gasteiger partial charge in [-0.05, 0) is 68.3 Å². The van der Waals surface area contributed by atoms with Crippen LogP contribution in [-0.4, -0.2) is 71.8 Å². The Morgan fingerprint density at radius 3 is 2.32 bits per heavy atom. The molecule has 0 radical (unpaired) electrons. The predicted molar refractivity (Wildman–Crippen MR) is 160 cm³/mol. The van der Waals surface area contributed by atoms with Gasteiger partial charge in [0.05, 0.1) is 19.6 Å². The molecule has 41 heavy (non-hydrogen) atoms. The molecule has 0 aromatic heterocycles. The molecule has 7 heteroatoms. The highest BCUT2D eigenvalue weighted by Crippen LogP contribution is 2.42. The fraction of sp³-hybridized carbons (Fsp3) is 0.353. The highest BCUT2D eigenvalue weighted by molar-refractivity contribution is 5.89. The second-order valence-corrected chi connectivity index (χ2v) is 10.8. The monoisotopic (exact) mass is 551 g/mol. The Balaban J connectivity index is 1.33. The highest BCUT2D eigenvalue weighted by atomic mass is 16.5. The summed E-state index contributed by atoms with van der Waals surface area (Å²) in [6.45, 7) is 4.93. The Kier molecular flexibility index (Phi) is 9.35. The number of carbonyl (C=O) groups is 2. The molecule has 212 valence electrons. The van der Waals surface area contributed by atoms with Crippen LogP contribution >= 0.6 is 0 Å². The average Bonchev–Trinajstić information content (AvgIpc) is 2.96. The number of ether oxygens (including phenoxy) is 1. The van der Waals surface area contributed by atoms with Gasteiger partial charge in [-0.3, -0.25) is 9.69 Å². The van der Waals surface area contributed by atoms with Crippen molar-refractivity contribution in [3.8, 4) is 11.8 Å². The summed E-state index contributed by atoms with van der Waals surface area (Å²) < 4.78 is 5.86. The van der Waals surface area contributed by atoms with Crippen molar-refractivity contribution in [2.45, 2.75) is 44.2 Å². The summed E-state index contributed by atoms with van der Waals surface area (Å²) in [5, 5.41) is 12.1. The fourth-order valence-corrected chi connectivity index (χ4v) is 5.76. The largest absolute Gasteiger partial charge is 0.481 e. The number of aryl methyl sites for hydroxylation is 1. The van der Waals surface area contributed by atoms with Crippen molar-refractivity contribution < 1.29 is 19.4 Å². The van der Waals surface area contributed by atoms with E-state index in [4.69, 9.17) is 9.84 Å². The van der Waals surface area contributed by atoms with Gasteiger partial charge in [-0.1, -0.05) is 59.9 Å². The minimum atomic E-state index is -0.860. The molecule has 7 nitrogen and oxygen atoms in total. The third kappa shape index (κ3) is 7.35. The molecule has 2 saturated heterocycles. The number of rotatable bonds is 7. The van der Waals surface area contributed by atoms with E-state index in [9.17, 15) is 9.59 Å². The molecule has 0 aliphatic carbocycles. The van der Waals surface area contributed by atoms with Gasteiger partial charge in [-0.2, -0.15) is 0 Å². The molecule has 3 atom stereocenters. The van der Waals surface area contributed by atoms with Crippen LogP contribution in [0, 0.1) is 18.8 Å². The van der Waals surface area contributed by atoms with E-state index in [0.29, 0.717) is 19.7 Å². The lowest BCUT2D eigenvalue weighted by Gasteiger charge is -2.57. The Morgan fingerprint density at radius 1 is 0.927 bits per heavy atom. The number of carbonyl (C=O) groups excluding carboxylic acids is 1. The summed E-state index contributed by atoms with van der Waals surface area (Å²) in [5.74, 6) is 5.76. The number of aliphatic carboxylic acids is 1. The van der Waals surface area contributed by atoms with E-state index in [1.54, 1.807) is 0 Å². The summed E-state index contributed by atoms with van der Waals surface area (Å²) in [7, 11) is 0. The van der Waals surface area contributed by atoms with Gasteiger partial charge in [0.25, 0.3) is 0 Å². The SMILES string of the molecule is Cc1ccc(NC(=O)N2CCCCN3[C@H](COCCC(=O)O)[C@H](c4ccc(C#Cc5ccccc5)cc4)[C@@H]3C2)cc1. The fourth-order valence-electron chi connectivity index (χ4n) is 5.76. The van der Waals surface area contributed by atoms with E-state index in [1.807, 2.05) is 66.4 Å². The lowest BCUT2D eigenvalue weighted by Crippen LogP contribution is -2.68. The van der Waals surface area contributed by atoms with Crippen LogP contribution in [0.15, 0.2) is 78.9 Å². The number of nitrogens with zero attached hydrogens (tertiary/aromatic N) is 2. The van der Waals surface area contributed by atoms with Crippen LogP contribution in [0.1, 0.15) is 47.4 Å². The summed E-state index contributed by atoms with van der Waals surface area (Å²) in [6, 6.07) is 26.4. The highest BCUT2D eigenvalue weighted by Gasteiger charge is 2.50. The van der Waals surface area contributed by atoms with Crippen molar-refractivity contribution in [2.24, 2.45) is 0 Å². The molecule has 2 heterocycles. The third-order valence-corrected chi connectivity index (χ3v) is 7.94. The van der Waals surface area contributed by atoms with E-state index in [1.165, 1.54) is 5.56 Å². The van der Waals surface area contributed by atoms with Gasteiger partial charge in [0.1, 0.15) is 0 Å². The van der Waals surface area contributed by atoms with Crippen molar-refractivity contribution >= 4 is 17.7 Å². The third-order valence-electron chi connectivity index (χ3n) is 7.94. The van der Waals surface area contributed by atoms with Crippen LogP contribution in [0.5, 0.6) is 0 Å². The molecule has 2 fully saturated rings. The maximum atomic E-state index is 13.3. The summed E-state index contributed by atoms with van der Waals surface area (Å²) in [5.41, 5.74) is 5.04. The van der Waals surface area contributed by atoms with Crippen LogP contribution in [0.2, 0.25) is 0 Å². The molecule has 2 amide bonds. The maximum absolute atomic E-state index is 13.3. The first kappa shape index (κ1) is 28.4. The van der Waals surface area contributed by atoms with Crippen LogP contribution in [0.25, 0.3) is 0 Å². The quantitative estimate of drug-likeness (QED) is 0.306. The Morgan fingerprint density at radius 2 is 1.61 bits per heavy atom. The molecule has 2 aliphatic heterocycles. The number of urea groups is 1. The van der Waals surface area contributed by atoms with Crippen LogP contribution < -0.4 is 5.32 Å². The zero-order valence-electron chi connectivity index (χ0n) is 23.5. The van der Waals surface area contributed by atoms with E-state index in [0.717, 1.165) is 41.8 Å². The second kappa shape index (κ2) is 13.5. The number of hydrogen-bond donors (Lipinski definition) is 2. The molecule has 0 saturated carbocycles. The molecule has 0 spiro atoms. The van der Waals surface area contributed by atoms with Gasteiger partial charge >= 0.3 is 12.0 Å². The topological polar surface area (TPSA) is 82.1 Å². The van der Waals surface area contributed by atoms with Gasteiger partial charge in [-0.15, -0.1) is 0 Å². The summed E-state index contributed by atoms with van der Waals surface area (Å²) in [4.78, 5) is 28.7. The van der Waals surface area contributed by atoms with Gasteiger partial charge in [0, 0.05) is 47.9 Å². The van der Waals surface area contributed by atoms with Crippen molar-refractivity contribution in [1.29, 1.82) is 0 Å². The summed E-state index contributed by atoms with van der Waals surface area (Å²) >= 11 is 0. The summed E-state index contributed by atoms with van der Waals surface area (Å²) in [6.07, 6.45) is 1.90. The zero-order chi connectivity index (χ0) is 28.6. The first-order valence-electron chi connectivity index (χ1n) is 14.3. The van der Waals surface area contributed by atoms with Gasteiger partial charge in [0.15, 0.2) is 0 Å². The average molecular weight is 552 g/mol. The smallest absolute Gasteiger partial charge is 0.321 e. The molecule has 0 bridgehead atoms. The number of nitrogens with one attached hydrogen (secondary N) is 1. The van der Waals surface area contributed by atoms with Crippen LogP contribution in [0.4, 0.5) is 10.5 Å². The molecule has 3 aromatic rings. The van der Waals surface area contributed by atoms with E-state index < -0.39 is 5.97 Å². The van der Waals surface area contributed by atoms with Crippen molar-refractivity contribution in [1.82, 2.24) is 9.80 Å². The van der Waals surface area contributed by atoms with Gasteiger partial charge < -0.3 is 20.1 Å². The van der Waals surface area contributed by atoms with Gasteiger partial charge in [-0.25, -0.2) is 4.79 Å². The lowest BCUT2D eigenvalue weighted by atomic mass is 9.74. The number of carboxylic acids is 1. The molecule has 5 rings (SSSR count). The number of fused-ring (bicyclic) bond motifs is 1. The number of anilines is 1.